The molecule has 0 bridgehead atoms. The number of rotatable bonds is 4. The van der Waals surface area contributed by atoms with Crippen LogP contribution in [0.1, 0.15) is 40.0 Å². The van der Waals surface area contributed by atoms with E-state index in [4.69, 9.17) is 5.53 Å². The highest BCUT2D eigenvalue weighted by Crippen LogP contribution is 2.27. The van der Waals surface area contributed by atoms with Gasteiger partial charge in [-0.2, -0.15) is 0 Å². The Labute approximate surface area is 98.0 Å². The van der Waals surface area contributed by atoms with Crippen molar-refractivity contribution < 1.29 is 0 Å². The second kappa shape index (κ2) is 5.92. The number of nitrogens with zero attached hydrogens (tertiary/aromatic N) is 4. The van der Waals surface area contributed by atoms with E-state index in [0.717, 1.165) is 13.1 Å². The summed E-state index contributed by atoms with van der Waals surface area (Å²) >= 11 is 0. The van der Waals surface area contributed by atoms with Crippen LogP contribution < -0.4 is 0 Å². The van der Waals surface area contributed by atoms with E-state index in [1.807, 2.05) is 6.92 Å². The zero-order valence-corrected chi connectivity index (χ0v) is 10.6. The third kappa shape index (κ3) is 3.00. The first-order chi connectivity index (χ1) is 7.62. The molecule has 16 heavy (non-hydrogen) atoms. The van der Waals surface area contributed by atoms with Crippen LogP contribution >= 0.6 is 0 Å². The van der Waals surface area contributed by atoms with Gasteiger partial charge in [0, 0.05) is 17.0 Å². The highest BCUT2D eigenvalue weighted by Gasteiger charge is 2.30. The molecule has 1 heterocycles. The second-order valence-corrected chi connectivity index (χ2v) is 4.81. The predicted molar refractivity (Wildman–Crippen MR) is 67.3 cm³/mol. The summed E-state index contributed by atoms with van der Waals surface area (Å²) < 4.78 is 0. The topological polar surface area (TPSA) is 52.0 Å². The van der Waals surface area contributed by atoms with Crippen LogP contribution in [0, 0.1) is 0 Å². The zero-order chi connectivity index (χ0) is 12.0. The molecule has 1 fully saturated rings. The molecule has 0 aromatic heterocycles. The summed E-state index contributed by atoms with van der Waals surface area (Å²) in [4.78, 5) is 5.35. The molecule has 0 N–H and O–H groups in total. The minimum atomic E-state index is 0.0172. The molecule has 0 aliphatic carbocycles. The summed E-state index contributed by atoms with van der Waals surface area (Å²) in [5.74, 6) is 0. The molecule has 0 aromatic carbocycles. The van der Waals surface area contributed by atoms with Gasteiger partial charge in [-0.25, -0.2) is 0 Å². The Morgan fingerprint density at radius 1 is 1.38 bits per heavy atom. The van der Waals surface area contributed by atoms with Gasteiger partial charge in [-0.3, -0.25) is 4.90 Å². The first-order valence-corrected chi connectivity index (χ1v) is 6.04. The van der Waals surface area contributed by atoms with Crippen LogP contribution in [0.25, 0.3) is 10.4 Å². The maximum absolute atomic E-state index is 8.40. The highest BCUT2D eigenvalue weighted by atomic mass is 15.2. The van der Waals surface area contributed by atoms with E-state index < -0.39 is 0 Å². The van der Waals surface area contributed by atoms with E-state index >= 15 is 0 Å². The number of likely N-dealkylation sites (tertiary alicyclic amines) is 1. The molecule has 0 atom stereocenters. The molecule has 4 nitrogen and oxygen atoms in total. The van der Waals surface area contributed by atoms with Crippen LogP contribution in [-0.2, 0) is 0 Å². The number of hydrogen-bond donors (Lipinski definition) is 0. The van der Waals surface area contributed by atoms with E-state index in [1.54, 1.807) is 0 Å². The third-order valence-electron chi connectivity index (χ3n) is 3.59. The molecule has 1 rings (SSSR count). The average molecular weight is 222 g/mol. The summed E-state index contributed by atoms with van der Waals surface area (Å²) in [7, 11) is 0. The molecule has 0 saturated carbocycles. The Morgan fingerprint density at radius 2 is 2.00 bits per heavy atom. The Morgan fingerprint density at radius 3 is 2.50 bits per heavy atom. The monoisotopic (exact) mass is 222 g/mol. The van der Waals surface area contributed by atoms with Crippen LogP contribution in [0.2, 0.25) is 0 Å². The number of azide groups is 1. The van der Waals surface area contributed by atoms with Gasteiger partial charge in [-0.05, 0) is 57.8 Å². The van der Waals surface area contributed by atoms with Crippen LogP contribution in [0.4, 0.5) is 0 Å². The number of hydrogen-bond acceptors (Lipinski definition) is 2. The molecular weight excluding hydrogens is 200 g/mol. The maximum Gasteiger partial charge on any atom is 0.0487 e. The van der Waals surface area contributed by atoms with Crippen LogP contribution in [0.5, 0.6) is 0 Å². The van der Waals surface area contributed by atoms with Crippen molar-refractivity contribution in [1.82, 2.24) is 4.90 Å². The Balaban J connectivity index is 2.75. The van der Waals surface area contributed by atoms with Crippen molar-refractivity contribution in [2.45, 2.75) is 45.6 Å². The Hall–Kier alpha value is -0.990. The minimum Gasteiger partial charge on any atom is -0.294 e. The molecule has 1 saturated heterocycles. The van der Waals surface area contributed by atoms with Crippen molar-refractivity contribution in [2.75, 3.05) is 19.6 Å². The van der Waals surface area contributed by atoms with Gasteiger partial charge in [0.25, 0.3) is 0 Å². The van der Waals surface area contributed by atoms with E-state index in [1.165, 1.54) is 24.8 Å². The molecule has 0 unspecified atom stereocenters. The van der Waals surface area contributed by atoms with Crippen molar-refractivity contribution >= 4 is 0 Å². The molecule has 0 amide bonds. The van der Waals surface area contributed by atoms with Gasteiger partial charge in [0.05, 0.1) is 0 Å². The van der Waals surface area contributed by atoms with Crippen LogP contribution in [0.3, 0.4) is 0 Å². The molecule has 1 aliphatic heterocycles. The molecular formula is C12H22N4. The lowest BCUT2D eigenvalue weighted by molar-refractivity contribution is 0.122. The smallest absolute Gasteiger partial charge is 0.0487 e. The molecule has 0 aromatic rings. The number of allylic oxidation sites excluding steroid dienone is 1. The summed E-state index contributed by atoms with van der Waals surface area (Å²) in [6.07, 6.45) is 5.99. The fourth-order valence-electron chi connectivity index (χ4n) is 2.40. The fourth-order valence-corrected chi connectivity index (χ4v) is 2.40. The predicted octanol–water partition coefficient (Wildman–Crippen LogP) is 3.51. The van der Waals surface area contributed by atoms with Crippen molar-refractivity contribution in [3.63, 3.8) is 0 Å². The van der Waals surface area contributed by atoms with Crippen molar-refractivity contribution in [1.29, 1.82) is 0 Å². The Bertz CT molecular complexity index is 294. The van der Waals surface area contributed by atoms with Gasteiger partial charge in [-0.15, -0.1) is 0 Å². The largest absolute Gasteiger partial charge is 0.294 e. The lowest BCUT2D eigenvalue weighted by Gasteiger charge is -2.42. The molecule has 0 spiro atoms. The molecule has 0 radical (unpaired) electrons. The van der Waals surface area contributed by atoms with Crippen molar-refractivity contribution in [3.8, 4) is 0 Å². The third-order valence-corrected chi connectivity index (χ3v) is 3.59. The van der Waals surface area contributed by atoms with Gasteiger partial charge in [0.1, 0.15) is 0 Å². The zero-order valence-electron chi connectivity index (χ0n) is 10.6. The van der Waals surface area contributed by atoms with Gasteiger partial charge in [0.15, 0.2) is 0 Å². The van der Waals surface area contributed by atoms with E-state index in [2.05, 4.69) is 34.8 Å². The minimum absolute atomic E-state index is 0.0172. The number of piperidine rings is 1. The highest BCUT2D eigenvalue weighted by molar-refractivity contribution is 5.19. The normalized spacial score (nSPS) is 19.3. The van der Waals surface area contributed by atoms with Gasteiger partial charge >= 0.3 is 0 Å². The van der Waals surface area contributed by atoms with Crippen molar-refractivity contribution in [2.24, 2.45) is 5.11 Å². The molecule has 1 aliphatic rings. The summed E-state index contributed by atoms with van der Waals surface area (Å²) in [6, 6.07) is 0. The quantitative estimate of drug-likeness (QED) is 0.311. The summed E-state index contributed by atoms with van der Waals surface area (Å²) in [5.41, 5.74) is 9.64. The lowest BCUT2D eigenvalue weighted by Crippen LogP contribution is -2.48. The van der Waals surface area contributed by atoms with E-state index in [-0.39, 0.29) is 5.54 Å². The summed E-state index contributed by atoms with van der Waals surface area (Å²) in [6.45, 7) is 9.26. The first-order valence-electron chi connectivity index (χ1n) is 6.04. The fraction of sp³-hybridized carbons (Fsp3) is 0.833. The van der Waals surface area contributed by atoms with E-state index in [9.17, 15) is 0 Å². The van der Waals surface area contributed by atoms with Gasteiger partial charge in [0.2, 0.25) is 0 Å². The van der Waals surface area contributed by atoms with Gasteiger partial charge < -0.3 is 0 Å². The lowest BCUT2D eigenvalue weighted by atomic mass is 9.89. The second-order valence-electron chi connectivity index (χ2n) is 4.81. The SMILES string of the molecule is C/C=C(\CN=[N+]=[N-])C(C)(C)N1CCCCC1. The summed E-state index contributed by atoms with van der Waals surface area (Å²) in [5, 5.41) is 3.69. The van der Waals surface area contributed by atoms with Crippen LogP contribution in [-0.4, -0.2) is 30.1 Å². The molecule has 90 valence electrons. The Kier molecular flexibility index (Phi) is 4.84. The van der Waals surface area contributed by atoms with E-state index in [0.29, 0.717) is 6.54 Å². The maximum atomic E-state index is 8.40. The van der Waals surface area contributed by atoms with Gasteiger partial charge in [-0.1, -0.05) is 17.6 Å². The standard InChI is InChI=1S/C12H22N4/c1-4-11(10-14-15-13)12(2,3)16-8-6-5-7-9-16/h4H,5-10H2,1-3H3/b11-4+. The molecule has 4 heteroatoms. The van der Waals surface area contributed by atoms with Crippen molar-refractivity contribution in [3.05, 3.63) is 22.1 Å². The average Bonchev–Trinajstić information content (AvgIpc) is 2.31. The first kappa shape index (κ1) is 13.1. The van der Waals surface area contributed by atoms with Crippen LogP contribution in [0.15, 0.2) is 16.8 Å².